The van der Waals surface area contributed by atoms with Crippen molar-refractivity contribution in [3.63, 3.8) is 0 Å². The summed E-state index contributed by atoms with van der Waals surface area (Å²) in [4.78, 5) is 12.3. The first kappa shape index (κ1) is 19.9. The van der Waals surface area contributed by atoms with Gasteiger partial charge in [-0.15, -0.1) is 23.7 Å². The Balaban J connectivity index is 0.00000225. The van der Waals surface area contributed by atoms with E-state index < -0.39 is 10.0 Å². The molecule has 0 fully saturated rings. The second kappa shape index (κ2) is 8.28. The highest BCUT2D eigenvalue weighted by molar-refractivity contribution is 7.91. The van der Waals surface area contributed by atoms with E-state index in [9.17, 15) is 13.2 Å². The van der Waals surface area contributed by atoms with Crippen molar-refractivity contribution in [3.05, 3.63) is 34.5 Å². The number of carbonyl (C=O) groups is 1. The number of aromatic nitrogens is 2. The van der Waals surface area contributed by atoms with Crippen LogP contribution in [0.2, 0.25) is 0 Å². The lowest BCUT2D eigenvalue weighted by Crippen LogP contribution is -2.36. The molecule has 3 rings (SSSR count). The van der Waals surface area contributed by atoms with E-state index in [1.165, 1.54) is 22.7 Å². The zero-order valence-corrected chi connectivity index (χ0v) is 16.1. The lowest BCUT2D eigenvalue weighted by Gasteiger charge is -2.16. The van der Waals surface area contributed by atoms with Gasteiger partial charge in [0.25, 0.3) is 15.9 Å². The molecule has 0 radical (unpaired) electrons. The third kappa shape index (κ3) is 4.21. The molecule has 138 valence electrons. The number of H-pyrrole nitrogens is 1. The molecule has 1 aliphatic heterocycles. The number of amides is 1. The van der Waals surface area contributed by atoms with Gasteiger partial charge in [-0.25, -0.2) is 8.42 Å². The molecule has 0 spiro atoms. The SMILES string of the molecule is CN(CCNC(=O)c1n[nH]c2c1CNCC2)S(=O)(=O)c1cccs1.Cl. The second-order valence-corrected chi connectivity index (χ2v) is 8.69. The number of halogens is 1. The summed E-state index contributed by atoms with van der Waals surface area (Å²) in [5, 5.41) is 14.6. The maximum atomic E-state index is 12.3. The van der Waals surface area contributed by atoms with Gasteiger partial charge in [-0.2, -0.15) is 9.40 Å². The minimum Gasteiger partial charge on any atom is -0.349 e. The van der Waals surface area contributed by atoms with Gasteiger partial charge < -0.3 is 10.6 Å². The first-order valence-corrected chi connectivity index (χ1v) is 9.87. The highest BCUT2D eigenvalue weighted by Crippen LogP contribution is 2.19. The number of rotatable bonds is 6. The van der Waals surface area contributed by atoms with Crippen LogP contribution < -0.4 is 10.6 Å². The van der Waals surface area contributed by atoms with Gasteiger partial charge in [0.1, 0.15) is 4.21 Å². The van der Waals surface area contributed by atoms with E-state index in [2.05, 4.69) is 20.8 Å². The first-order valence-electron chi connectivity index (χ1n) is 7.55. The van der Waals surface area contributed by atoms with Crippen LogP contribution in [0.5, 0.6) is 0 Å². The lowest BCUT2D eigenvalue weighted by molar-refractivity contribution is 0.0946. The molecule has 2 aromatic heterocycles. The van der Waals surface area contributed by atoms with E-state index in [1.807, 2.05) is 0 Å². The van der Waals surface area contributed by atoms with Gasteiger partial charge in [0.15, 0.2) is 5.69 Å². The molecule has 0 atom stereocenters. The fraction of sp³-hybridized carbons (Fsp3) is 0.429. The summed E-state index contributed by atoms with van der Waals surface area (Å²) in [5.41, 5.74) is 2.25. The van der Waals surface area contributed by atoms with Gasteiger partial charge in [-0.3, -0.25) is 9.89 Å². The number of aromatic amines is 1. The average molecular weight is 406 g/mol. The Labute approximate surface area is 156 Å². The largest absolute Gasteiger partial charge is 0.349 e. The molecule has 0 aliphatic carbocycles. The number of fused-ring (bicyclic) bond motifs is 1. The maximum Gasteiger partial charge on any atom is 0.272 e. The van der Waals surface area contributed by atoms with Crippen LogP contribution in [0.1, 0.15) is 21.7 Å². The van der Waals surface area contributed by atoms with Crippen molar-refractivity contribution in [3.8, 4) is 0 Å². The van der Waals surface area contributed by atoms with Crippen molar-refractivity contribution in [2.75, 3.05) is 26.7 Å². The van der Waals surface area contributed by atoms with Crippen LogP contribution in [0.15, 0.2) is 21.7 Å². The molecule has 8 nitrogen and oxygen atoms in total. The van der Waals surface area contributed by atoms with Gasteiger partial charge >= 0.3 is 0 Å². The summed E-state index contributed by atoms with van der Waals surface area (Å²) in [6.45, 7) is 1.88. The van der Waals surface area contributed by atoms with Gasteiger partial charge in [-0.05, 0) is 11.4 Å². The Kier molecular flexibility index (Phi) is 6.58. The molecule has 1 amide bonds. The van der Waals surface area contributed by atoms with Crippen molar-refractivity contribution in [1.29, 1.82) is 0 Å². The number of likely N-dealkylation sites (N-methyl/N-ethyl adjacent to an activating group) is 1. The monoisotopic (exact) mass is 405 g/mol. The maximum absolute atomic E-state index is 12.3. The standard InChI is InChI=1S/C14H19N5O3S2.ClH/c1-19(24(21,22)12-3-2-8-23-12)7-6-16-14(20)13-10-9-15-5-4-11(10)17-18-13;/h2-3,8,15H,4-7,9H2,1H3,(H,16,20)(H,17,18);1H. The van der Waals surface area contributed by atoms with Gasteiger partial charge in [0, 0.05) is 50.9 Å². The summed E-state index contributed by atoms with van der Waals surface area (Å²) in [5.74, 6) is -0.293. The fourth-order valence-corrected chi connectivity index (χ4v) is 4.88. The van der Waals surface area contributed by atoms with Crippen LogP contribution in [-0.4, -0.2) is 55.5 Å². The summed E-state index contributed by atoms with van der Waals surface area (Å²) in [7, 11) is -1.99. The Hall–Kier alpha value is -1.46. The van der Waals surface area contributed by atoms with Crippen LogP contribution in [0.3, 0.4) is 0 Å². The van der Waals surface area contributed by atoms with E-state index in [-0.39, 0.29) is 31.4 Å². The Morgan fingerprint density at radius 1 is 1.48 bits per heavy atom. The van der Waals surface area contributed by atoms with Crippen LogP contribution in [0.25, 0.3) is 0 Å². The first-order chi connectivity index (χ1) is 11.5. The van der Waals surface area contributed by atoms with Crippen LogP contribution in [0, 0.1) is 0 Å². The Morgan fingerprint density at radius 2 is 2.28 bits per heavy atom. The second-order valence-electron chi connectivity index (χ2n) is 5.47. The van der Waals surface area contributed by atoms with E-state index >= 15 is 0 Å². The van der Waals surface area contributed by atoms with Gasteiger partial charge in [-0.1, -0.05) is 6.07 Å². The number of sulfonamides is 1. The fourth-order valence-electron chi connectivity index (χ4n) is 2.51. The lowest BCUT2D eigenvalue weighted by atomic mass is 10.1. The highest BCUT2D eigenvalue weighted by Gasteiger charge is 2.23. The normalized spacial score (nSPS) is 14.0. The van der Waals surface area contributed by atoms with Crippen molar-refractivity contribution in [2.24, 2.45) is 0 Å². The number of carbonyl (C=O) groups excluding carboxylic acids is 1. The molecule has 0 unspecified atom stereocenters. The van der Waals surface area contributed by atoms with Crippen LogP contribution >= 0.6 is 23.7 Å². The molecule has 0 saturated heterocycles. The van der Waals surface area contributed by atoms with E-state index in [1.54, 1.807) is 17.5 Å². The topological polar surface area (TPSA) is 107 Å². The molecule has 25 heavy (non-hydrogen) atoms. The number of nitrogens with zero attached hydrogens (tertiary/aromatic N) is 2. The molecular weight excluding hydrogens is 386 g/mol. The third-order valence-electron chi connectivity index (χ3n) is 3.89. The average Bonchev–Trinajstić information content (AvgIpc) is 3.24. The Morgan fingerprint density at radius 3 is 3.00 bits per heavy atom. The smallest absolute Gasteiger partial charge is 0.272 e. The highest BCUT2D eigenvalue weighted by atomic mass is 35.5. The molecule has 3 N–H and O–H groups in total. The molecule has 0 aromatic carbocycles. The molecule has 3 heterocycles. The summed E-state index contributed by atoms with van der Waals surface area (Å²) < 4.78 is 26.1. The van der Waals surface area contributed by atoms with Gasteiger partial charge in [0.2, 0.25) is 0 Å². The Bertz CT molecular complexity index is 820. The minimum absolute atomic E-state index is 0. The predicted octanol–water partition coefficient (Wildman–Crippen LogP) is 0.589. The van der Waals surface area contributed by atoms with Crippen LogP contribution in [0.4, 0.5) is 0 Å². The predicted molar refractivity (Wildman–Crippen MR) is 97.7 cm³/mol. The quantitative estimate of drug-likeness (QED) is 0.652. The van der Waals surface area contributed by atoms with Crippen molar-refractivity contribution >= 4 is 39.7 Å². The summed E-state index contributed by atoms with van der Waals surface area (Å²) in [6, 6.07) is 3.26. The number of nitrogens with one attached hydrogen (secondary N) is 3. The number of hydrogen-bond donors (Lipinski definition) is 3. The summed E-state index contributed by atoms with van der Waals surface area (Å²) >= 11 is 1.17. The van der Waals surface area contributed by atoms with Crippen LogP contribution in [-0.2, 0) is 23.0 Å². The van der Waals surface area contributed by atoms with E-state index in [0.29, 0.717) is 16.4 Å². The third-order valence-corrected chi connectivity index (χ3v) is 7.12. The van der Waals surface area contributed by atoms with Crippen molar-refractivity contribution in [1.82, 2.24) is 25.1 Å². The number of hydrogen-bond acceptors (Lipinski definition) is 6. The van der Waals surface area contributed by atoms with Gasteiger partial charge in [0.05, 0.1) is 0 Å². The van der Waals surface area contributed by atoms with Crippen molar-refractivity contribution < 1.29 is 13.2 Å². The van der Waals surface area contributed by atoms with Crippen molar-refractivity contribution in [2.45, 2.75) is 17.2 Å². The zero-order chi connectivity index (χ0) is 17.2. The molecule has 2 aromatic rings. The number of thiophene rings is 1. The van der Waals surface area contributed by atoms with E-state index in [4.69, 9.17) is 0 Å². The summed E-state index contributed by atoms with van der Waals surface area (Å²) in [6.07, 6.45) is 0.817. The molecule has 1 aliphatic rings. The minimum atomic E-state index is -3.49. The molecule has 0 bridgehead atoms. The molecular formula is C14H20ClN5O3S2. The van der Waals surface area contributed by atoms with E-state index in [0.717, 1.165) is 24.2 Å². The molecule has 11 heteroatoms. The zero-order valence-electron chi connectivity index (χ0n) is 13.6. The molecule has 0 saturated carbocycles.